The monoisotopic (exact) mass is 276 g/mol. The van der Waals surface area contributed by atoms with Gasteiger partial charge in [0.1, 0.15) is 0 Å². The van der Waals surface area contributed by atoms with E-state index in [1.807, 2.05) is 13.8 Å². The Morgan fingerprint density at radius 1 is 1.37 bits per heavy atom. The Balaban J connectivity index is 3.03. The lowest BCUT2D eigenvalue weighted by Crippen LogP contribution is -2.39. The van der Waals surface area contributed by atoms with E-state index in [0.29, 0.717) is 0 Å². The number of hydrogen-bond acceptors (Lipinski definition) is 2. The molecule has 3 nitrogen and oxygen atoms in total. The highest BCUT2D eigenvalue weighted by Crippen LogP contribution is 2.28. The highest BCUT2D eigenvalue weighted by molar-refractivity contribution is 5.13. The maximum absolute atomic E-state index is 12.6. The molecule has 1 heterocycles. The van der Waals surface area contributed by atoms with Crippen molar-refractivity contribution < 1.29 is 13.2 Å². The standard InChI is InChI=1S/C13H19F3N2O/c1-4-9(2)11(17-3)8-18-7-10(13(14,15)16)5-6-12(18)19/h5-7,9,11,17H,4,8H2,1-3H3. The Bertz CT molecular complexity index is 468. The summed E-state index contributed by atoms with van der Waals surface area (Å²) in [6, 6.07) is 1.74. The normalized spacial score (nSPS) is 15.3. The van der Waals surface area contributed by atoms with E-state index in [1.54, 1.807) is 7.05 Å². The molecule has 0 radical (unpaired) electrons. The molecule has 0 saturated carbocycles. The summed E-state index contributed by atoms with van der Waals surface area (Å²) in [5, 5.41) is 3.05. The van der Waals surface area contributed by atoms with Crippen LogP contribution in [-0.4, -0.2) is 17.7 Å². The minimum atomic E-state index is -4.43. The number of aromatic nitrogens is 1. The lowest BCUT2D eigenvalue weighted by Gasteiger charge is -2.23. The van der Waals surface area contributed by atoms with E-state index in [4.69, 9.17) is 0 Å². The fourth-order valence-electron chi connectivity index (χ4n) is 1.89. The summed E-state index contributed by atoms with van der Waals surface area (Å²) < 4.78 is 39.0. The quantitative estimate of drug-likeness (QED) is 0.896. The molecule has 1 aromatic heterocycles. The second-order valence-corrected chi connectivity index (χ2v) is 4.69. The van der Waals surface area contributed by atoms with E-state index in [0.717, 1.165) is 29.3 Å². The van der Waals surface area contributed by atoms with Crippen molar-refractivity contribution in [3.05, 3.63) is 34.2 Å². The van der Waals surface area contributed by atoms with Crippen LogP contribution in [-0.2, 0) is 12.7 Å². The number of halogens is 3. The van der Waals surface area contributed by atoms with Crippen LogP contribution in [0.5, 0.6) is 0 Å². The van der Waals surface area contributed by atoms with Gasteiger partial charge in [-0.05, 0) is 19.0 Å². The van der Waals surface area contributed by atoms with Crippen molar-refractivity contribution in [2.45, 2.75) is 39.0 Å². The Kier molecular flexibility index (Phi) is 5.17. The van der Waals surface area contributed by atoms with Gasteiger partial charge in [-0.25, -0.2) is 0 Å². The van der Waals surface area contributed by atoms with E-state index in [-0.39, 0.29) is 18.5 Å². The molecular weight excluding hydrogens is 257 g/mol. The minimum Gasteiger partial charge on any atom is -0.315 e. The minimum absolute atomic E-state index is 0.0359. The molecule has 6 heteroatoms. The first-order valence-electron chi connectivity index (χ1n) is 6.24. The number of hydrogen-bond donors (Lipinski definition) is 1. The Labute approximate surface area is 110 Å². The van der Waals surface area contributed by atoms with Crippen molar-refractivity contribution >= 4 is 0 Å². The highest BCUT2D eigenvalue weighted by atomic mass is 19.4. The van der Waals surface area contributed by atoms with Crippen molar-refractivity contribution in [3.63, 3.8) is 0 Å². The highest BCUT2D eigenvalue weighted by Gasteiger charge is 2.31. The second kappa shape index (κ2) is 6.23. The van der Waals surface area contributed by atoms with Crippen LogP contribution in [0.2, 0.25) is 0 Å². The number of pyridine rings is 1. The van der Waals surface area contributed by atoms with Gasteiger partial charge >= 0.3 is 6.18 Å². The Morgan fingerprint density at radius 2 is 2.00 bits per heavy atom. The van der Waals surface area contributed by atoms with Gasteiger partial charge in [0.05, 0.1) is 5.56 Å². The molecule has 1 N–H and O–H groups in total. The van der Waals surface area contributed by atoms with Crippen LogP contribution in [0, 0.1) is 5.92 Å². The van der Waals surface area contributed by atoms with Crippen LogP contribution in [0.4, 0.5) is 13.2 Å². The van der Waals surface area contributed by atoms with Crippen LogP contribution < -0.4 is 10.9 Å². The van der Waals surface area contributed by atoms with Crippen molar-refractivity contribution in [1.82, 2.24) is 9.88 Å². The predicted octanol–water partition coefficient (Wildman–Crippen LogP) is 2.50. The third-order valence-electron chi connectivity index (χ3n) is 3.41. The molecule has 0 aromatic carbocycles. The molecule has 0 aliphatic carbocycles. The van der Waals surface area contributed by atoms with Gasteiger partial charge in [0.2, 0.25) is 0 Å². The van der Waals surface area contributed by atoms with Gasteiger partial charge < -0.3 is 9.88 Å². The van der Waals surface area contributed by atoms with Gasteiger partial charge in [-0.2, -0.15) is 13.2 Å². The Hall–Kier alpha value is -1.30. The summed E-state index contributed by atoms with van der Waals surface area (Å²) >= 11 is 0. The average Bonchev–Trinajstić information content (AvgIpc) is 2.35. The zero-order chi connectivity index (χ0) is 14.6. The lowest BCUT2D eigenvalue weighted by molar-refractivity contribution is -0.138. The first-order chi connectivity index (χ1) is 8.79. The van der Waals surface area contributed by atoms with Crippen molar-refractivity contribution in [3.8, 4) is 0 Å². The van der Waals surface area contributed by atoms with Gasteiger partial charge in [-0.3, -0.25) is 4.79 Å². The molecule has 2 unspecified atom stereocenters. The summed E-state index contributed by atoms with van der Waals surface area (Å²) in [6.45, 7) is 4.23. The number of nitrogens with zero attached hydrogens (tertiary/aromatic N) is 1. The summed E-state index contributed by atoms with van der Waals surface area (Å²) in [5.41, 5.74) is -1.22. The molecule has 0 bridgehead atoms. The fourth-order valence-corrected chi connectivity index (χ4v) is 1.89. The van der Waals surface area contributed by atoms with Crippen LogP contribution in [0.15, 0.2) is 23.1 Å². The van der Waals surface area contributed by atoms with Crippen molar-refractivity contribution in [2.24, 2.45) is 5.92 Å². The lowest BCUT2D eigenvalue weighted by atomic mass is 9.99. The van der Waals surface area contributed by atoms with Crippen LogP contribution >= 0.6 is 0 Å². The summed E-state index contributed by atoms with van der Waals surface area (Å²) in [6.07, 6.45) is -2.66. The second-order valence-electron chi connectivity index (χ2n) is 4.69. The first kappa shape index (κ1) is 15.8. The number of rotatable bonds is 5. The van der Waals surface area contributed by atoms with Crippen molar-refractivity contribution in [1.29, 1.82) is 0 Å². The van der Waals surface area contributed by atoms with Gasteiger partial charge in [0.25, 0.3) is 5.56 Å². The maximum atomic E-state index is 12.6. The van der Waals surface area contributed by atoms with E-state index < -0.39 is 17.3 Å². The van der Waals surface area contributed by atoms with Crippen molar-refractivity contribution in [2.75, 3.05) is 7.05 Å². The summed E-state index contributed by atoms with van der Waals surface area (Å²) in [4.78, 5) is 11.6. The van der Waals surface area contributed by atoms with Gasteiger partial charge in [0, 0.05) is 24.8 Å². The number of nitrogens with one attached hydrogen (secondary N) is 1. The molecule has 1 aromatic rings. The molecule has 0 saturated heterocycles. The molecule has 0 aliphatic rings. The van der Waals surface area contributed by atoms with Crippen LogP contribution in [0.3, 0.4) is 0 Å². The molecule has 108 valence electrons. The topological polar surface area (TPSA) is 34.0 Å². The maximum Gasteiger partial charge on any atom is 0.417 e. The third kappa shape index (κ3) is 4.09. The molecule has 19 heavy (non-hydrogen) atoms. The van der Waals surface area contributed by atoms with Gasteiger partial charge in [-0.15, -0.1) is 0 Å². The van der Waals surface area contributed by atoms with E-state index in [2.05, 4.69) is 5.32 Å². The van der Waals surface area contributed by atoms with Crippen LogP contribution in [0.25, 0.3) is 0 Å². The molecule has 2 atom stereocenters. The Morgan fingerprint density at radius 3 is 2.47 bits per heavy atom. The molecule has 0 spiro atoms. The zero-order valence-corrected chi connectivity index (χ0v) is 11.3. The summed E-state index contributed by atoms with van der Waals surface area (Å²) in [7, 11) is 1.75. The molecule has 0 aliphatic heterocycles. The largest absolute Gasteiger partial charge is 0.417 e. The SMILES string of the molecule is CCC(C)C(Cn1cc(C(F)(F)F)ccc1=O)NC. The van der Waals surface area contributed by atoms with E-state index >= 15 is 0 Å². The molecule has 0 amide bonds. The molecule has 1 rings (SSSR count). The molecule has 0 fully saturated rings. The van der Waals surface area contributed by atoms with Crippen LogP contribution in [0.1, 0.15) is 25.8 Å². The fraction of sp³-hybridized carbons (Fsp3) is 0.615. The molecular formula is C13H19F3N2O. The van der Waals surface area contributed by atoms with Gasteiger partial charge in [0.15, 0.2) is 0 Å². The third-order valence-corrected chi connectivity index (χ3v) is 3.41. The number of likely N-dealkylation sites (N-methyl/N-ethyl adjacent to an activating group) is 1. The van der Waals surface area contributed by atoms with E-state index in [9.17, 15) is 18.0 Å². The summed E-state index contributed by atoms with van der Waals surface area (Å²) in [5.74, 6) is 0.270. The van der Waals surface area contributed by atoms with E-state index in [1.165, 1.54) is 0 Å². The smallest absolute Gasteiger partial charge is 0.315 e. The zero-order valence-electron chi connectivity index (χ0n) is 11.3. The first-order valence-corrected chi connectivity index (χ1v) is 6.24. The van der Waals surface area contributed by atoms with Gasteiger partial charge in [-0.1, -0.05) is 20.3 Å². The average molecular weight is 276 g/mol. The predicted molar refractivity (Wildman–Crippen MR) is 68.0 cm³/mol. The number of alkyl halides is 3.